The Labute approximate surface area is 105 Å². The van der Waals surface area contributed by atoms with Crippen LogP contribution in [0.2, 0.25) is 0 Å². The zero-order valence-corrected chi connectivity index (χ0v) is 11.9. The van der Waals surface area contributed by atoms with Crippen LogP contribution in [0, 0.1) is 6.92 Å². The van der Waals surface area contributed by atoms with Gasteiger partial charge < -0.3 is 15.2 Å². The lowest BCUT2D eigenvalue weighted by atomic mass is 9.93. The summed E-state index contributed by atoms with van der Waals surface area (Å²) < 4.78 is 11.7. The van der Waals surface area contributed by atoms with Crippen molar-refractivity contribution < 1.29 is 9.47 Å². The molecule has 0 aliphatic rings. The molecule has 0 spiro atoms. The van der Waals surface area contributed by atoms with Crippen molar-refractivity contribution in [2.24, 2.45) is 5.73 Å². The molecule has 0 saturated heterocycles. The maximum absolute atomic E-state index is 6.12. The van der Waals surface area contributed by atoms with Gasteiger partial charge in [0.05, 0.1) is 14.2 Å². The normalized spacial score (nSPS) is 11.4. The van der Waals surface area contributed by atoms with Crippen LogP contribution in [0.25, 0.3) is 0 Å². The predicted molar refractivity (Wildman–Crippen MR) is 69.2 cm³/mol. The average Bonchev–Trinajstić information content (AvgIpc) is 2.19. The third-order valence-corrected chi connectivity index (χ3v) is 3.35. The van der Waals surface area contributed by atoms with E-state index < -0.39 is 5.54 Å². The predicted octanol–water partition coefficient (Wildman–Crippen LogP) is 2.97. The van der Waals surface area contributed by atoms with E-state index in [4.69, 9.17) is 15.2 Å². The summed E-state index contributed by atoms with van der Waals surface area (Å²) in [4.78, 5) is 0. The number of ether oxygens (including phenoxy) is 2. The Morgan fingerprint density at radius 3 is 2.06 bits per heavy atom. The standard InChI is InChI=1S/C12H18BrNO2/c1-7-9(13)6-8(12(2,3)14)11(16-5)10(7)15-4/h6H,14H2,1-5H3. The molecular formula is C12H18BrNO2. The summed E-state index contributed by atoms with van der Waals surface area (Å²) in [5, 5.41) is 0. The van der Waals surface area contributed by atoms with Gasteiger partial charge in [-0.2, -0.15) is 0 Å². The van der Waals surface area contributed by atoms with Crippen LogP contribution in [0.4, 0.5) is 0 Å². The zero-order chi connectivity index (χ0) is 12.5. The van der Waals surface area contributed by atoms with E-state index in [0.29, 0.717) is 5.75 Å². The molecule has 16 heavy (non-hydrogen) atoms. The monoisotopic (exact) mass is 287 g/mol. The Bertz CT molecular complexity index is 397. The van der Waals surface area contributed by atoms with Crippen molar-refractivity contribution in [1.82, 2.24) is 0 Å². The van der Waals surface area contributed by atoms with Gasteiger partial charge in [-0.1, -0.05) is 15.9 Å². The molecule has 0 heterocycles. The van der Waals surface area contributed by atoms with Gasteiger partial charge in [-0.15, -0.1) is 0 Å². The Balaban J connectivity index is 3.57. The van der Waals surface area contributed by atoms with Gasteiger partial charge in [0.15, 0.2) is 11.5 Å². The fourth-order valence-corrected chi connectivity index (χ4v) is 2.04. The molecule has 0 unspecified atom stereocenters. The number of halogens is 1. The van der Waals surface area contributed by atoms with Crippen molar-refractivity contribution in [3.63, 3.8) is 0 Å². The first-order valence-electron chi connectivity index (χ1n) is 5.03. The first-order chi connectivity index (χ1) is 7.32. The maximum atomic E-state index is 6.12. The minimum absolute atomic E-state index is 0.477. The van der Waals surface area contributed by atoms with Crippen molar-refractivity contribution in [2.75, 3.05) is 14.2 Å². The molecule has 0 atom stereocenters. The van der Waals surface area contributed by atoms with Gasteiger partial charge in [0.25, 0.3) is 0 Å². The summed E-state index contributed by atoms with van der Waals surface area (Å²) in [6.45, 7) is 5.84. The molecule has 3 nitrogen and oxygen atoms in total. The molecule has 1 aromatic rings. The van der Waals surface area contributed by atoms with Crippen LogP contribution < -0.4 is 15.2 Å². The number of benzene rings is 1. The van der Waals surface area contributed by atoms with E-state index in [2.05, 4.69) is 15.9 Å². The van der Waals surface area contributed by atoms with E-state index in [0.717, 1.165) is 21.3 Å². The van der Waals surface area contributed by atoms with Crippen LogP contribution in [0.15, 0.2) is 10.5 Å². The van der Waals surface area contributed by atoms with Crippen LogP contribution in [-0.2, 0) is 5.54 Å². The highest BCUT2D eigenvalue weighted by atomic mass is 79.9. The zero-order valence-electron chi connectivity index (χ0n) is 10.3. The van der Waals surface area contributed by atoms with E-state index in [-0.39, 0.29) is 0 Å². The largest absolute Gasteiger partial charge is 0.493 e. The Kier molecular flexibility index (Phi) is 3.86. The molecule has 90 valence electrons. The number of hydrogen-bond acceptors (Lipinski definition) is 3. The molecule has 0 aliphatic heterocycles. The SMILES string of the molecule is COc1c(C(C)(C)N)cc(Br)c(C)c1OC. The third kappa shape index (κ3) is 2.33. The van der Waals surface area contributed by atoms with Crippen molar-refractivity contribution >= 4 is 15.9 Å². The number of rotatable bonds is 3. The molecule has 0 radical (unpaired) electrons. The Morgan fingerprint density at radius 1 is 1.19 bits per heavy atom. The molecule has 0 aromatic heterocycles. The van der Waals surface area contributed by atoms with Crippen LogP contribution in [0.3, 0.4) is 0 Å². The smallest absolute Gasteiger partial charge is 0.166 e. The minimum Gasteiger partial charge on any atom is -0.493 e. The van der Waals surface area contributed by atoms with Gasteiger partial charge in [0, 0.05) is 21.1 Å². The second-order valence-corrected chi connectivity index (χ2v) is 5.17. The topological polar surface area (TPSA) is 44.5 Å². The molecule has 1 rings (SSSR count). The molecule has 0 amide bonds. The van der Waals surface area contributed by atoms with Crippen molar-refractivity contribution in [1.29, 1.82) is 0 Å². The fourth-order valence-electron chi connectivity index (χ4n) is 1.63. The van der Waals surface area contributed by atoms with E-state index in [1.807, 2.05) is 26.8 Å². The van der Waals surface area contributed by atoms with Crippen molar-refractivity contribution in [2.45, 2.75) is 26.3 Å². The molecule has 4 heteroatoms. The first kappa shape index (κ1) is 13.3. The average molecular weight is 288 g/mol. The highest BCUT2D eigenvalue weighted by Gasteiger charge is 2.24. The van der Waals surface area contributed by atoms with E-state index in [1.165, 1.54) is 0 Å². The van der Waals surface area contributed by atoms with Gasteiger partial charge in [0.1, 0.15) is 0 Å². The summed E-state index contributed by atoms with van der Waals surface area (Å²) in [6, 6.07) is 1.98. The van der Waals surface area contributed by atoms with Crippen LogP contribution in [-0.4, -0.2) is 14.2 Å². The van der Waals surface area contributed by atoms with E-state index >= 15 is 0 Å². The Morgan fingerprint density at radius 2 is 1.69 bits per heavy atom. The molecule has 0 bridgehead atoms. The van der Waals surface area contributed by atoms with Gasteiger partial charge >= 0.3 is 0 Å². The third-order valence-electron chi connectivity index (χ3n) is 2.52. The summed E-state index contributed by atoms with van der Waals surface area (Å²) >= 11 is 3.50. The molecule has 0 saturated carbocycles. The Hall–Kier alpha value is -0.740. The minimum atomic E-state index is -0.477. The first-order valence-corrected chi connectivity index (χ1v) is 5.82. The van der Waals surface area contributed by atoms with Crippen molar-refractivity contribution in [3.05, 3.63) is 21.7 Å². The van der Waals surface area contributed by atoms with Crippen molar-refractivity contribution in [3.8, 4) is 11.5 Å². The van der Waals surface area contributed by atoms with Gasteiger partial charge in [-0.25, -0.2) is 0 Å². The lowest BCUT2D eigenvalue weighted by Crippen LogP contribution is -2.29. The summed E-state index contributed by atoms with van der Waals surface area (Å²) in [6.07, 6.45) is 0. The van der Waals surface area contributed by atoms with E-state index in [9.17, 15) is 0 Å². The number of methoxy groups -OCH3 is 2. The second-order valence-electron chi connectivity index (χ2n) is 4.32. The maximum Gasteiger partial charge on any atom is 0.166 e. The van der Waals surface area contributed by atoms with Gasteiger partial charge in [-0.05, 0) is 26.8 Å². The lowest BCUT2D eigenvalue weighted by Gasteiger charge is -2.25. The van der Waals surface area contributed by atoms with Crippen LogP contribution >= 0.6 is 15.9 Å². The second kappa shape index (κ2) is 4.63. The summed E-state index contributed by atoms with van der Waals surface area (Å²) in [5.41, 5.74) is 7.57. The highest BCUT2D eigenvalue weighted by Crippen LogP contribution is 2.42. The lowest BCUT2D eigenvalue weighted by molar-refractivity contribution is 0.341. The van der Waals surface area contributed by atoms with Gasteiger partial charge in [0.2, 0.25) is 0 Å². The highest BCUT2D eigenvalue weighted by molar-refractivity contribution is 9.10. The quantitative estimate of drug-likeness (QED) is 0.930. The molecule has 0 fully saturated rings. The molecule has 1 aromatic carbocycles. The van der Waals surface area contributed by atoms with Gasteiger partial charge in [-0.3, -0.25) is 0 Å². The number of nitrogens with two attached hydrogens (primary N) is 1. The molecular weight excluding hydrogens is 270 g/mol. The number of hydrogen-bond donors (Lipinski definition) is 1. The molecule has 0 aliphatic carbocycles. The molecule has 2 N–H and O–H groups in total. The summed E-state index contributed by atoms with van der Waals surface area (Å²) in [7, 11) is 3.25. The summed E-state index contributed by atoms with van der Waals surface area (Å²) in [5.74, 6) is 1.43. The van der Waals surface area contributed by atoms with E-state index in [1.54, 1.807) is 14.2 Å². The van der Waals surface area contributed by atoms with Crippen LogP contribution in [0.1, 0.15) is 25.0 Å². The fraction of sp³-hybridized carbons (Fsp3) is 0.500. The van der Waals surface area contributed by atoms with Crippen LogP contribution in [0.5, 0.6) is 11.5 Å².